The molecular formula is C34H69NO2. The molecule has 0 aliphatic rings. The normalized spacial score (nSPS) is 11.3. The second-order valence-corrected chi connectivity index (χ2v) is 11.5. The van der Waals surface area contributed by atoms with Gasteiger partial charge in [0.25, 0.3) is 0 Å². The topological polar surface area (TPSA) is 29.5 Å². The van der Waals surface area contributed by atoms with Crippen LogP contribution in [0, 0.1) is 0 Å². The van der Waals surface area contributed by atoms with Gasteiger partial charge in [0.15, 0.2) is 0 Å². The minimum atomic E-state index is 0.194. The van der Waals surface area contributed by atoms with Gasteiger partial charge in [-0.3, -0.25) is 4.79 Å². The largest absolute Gasteiger partial charge is 0.372 e. The molecule has 3 nitrogen and oxygen atoms in total. The van der Waals surface area contributed by atoms with Crippen LogP contribution in [-0.4, -0.2) is 37.1 Å². The fraction of sp³-hybridized carbons (Fsp3) is 0.971. The van der Waals surface area contributed by atoms with E-state index in [0.717, 1.165) is 25.9 Å². The summed E-state index contributed by atoms with van der Waals surface area (Å²) in [5, 5.41) is 0. The molecule has 0 fully saturated rings. The van der Waals surface area contributed by atoms with Crippen molar-refractivity contribution in [2.45, 2.75) is 188 Å². The lowest BCUT2D eigenvalue weighted by atomic mass is 10.0. The van der Waals surface area contributed by atoms with Gasteiger partial charge >= 0.3 is 0 Å². The summed E-state index contributed by atoms with van der Waals surface area (Å²) in [6, 6.07) is 0. The van der Waals surface area contributed by atoms with Crippen molar-refractivity contribution >= 4 is 5.91 Å². The molecule has 0 aliphatic heterocycles. The predicted molar refractivity (Wildman–Crippen MR) is 164 cm³/mol. The monoisotopic (exact) mass is 524 g/mol. The number of ether oxygens (including phenoxy) is 1. The lowest BCUT2D eigenvalue weighted by Gasteiger charge is -2.23. The first-order valence-corrected chi connectivity index (χ1v) is 17.1. The molecule has 0 aromatic heterocycles. The van der Waals surface area contributed by atoms with E-state index in [1.54, 1.807) is 0 Å². The molecule has 0 heterocycles. The van der Waals surface area contributed by atoms with Gasteiger partial charge < -0.3 is 9.64 Å². The summed E-state index contributed by atoms with van der Waals surface area (Å²) in [7, 11) is 0. The Balaban J connectivity index is 3.72. The van der Waals surface area contributed by atoms with Crippen molar-refractivity contribution in [3.8, 4) is 0 Å². The van der Waals surface area contributed by atoms with Crippen molar-refractivity contribution < 1.29 is 9.53 Å². The number of unbranched alkanes of at least 4 members (excludes halogenated alkanes) is 24. The second-order valence-electron chi connectivity index (χ2n) is 11.5. The Bertz CT molecular complexity index is 410. The van der Waals surface area contributed by atoms with Crippen molar-refractivity contribution in [2.75, 3.05) is 26.3 Å². The number of carbonyl (C=O) groups is 1. The Morgan fingerprint density at radius 3 is 0.973 bits per heavy atom. The molecule has 0 unspecified atom stereocenters. The third-order valence-electron chi connectivity index (χ3n) is 7.85. The molecule has 0 rings (SSSR count). The van der Waals surface area contributed by atoms with Gasteiger partial charge in [-0.05, 0) is 19.8 Å². The van der Waals surface area contributed by atoms with Gasteiger partial charge in [-0.25, -0.2) is 0 Å². The molecule has 0 bridgehead atoms. The number of hydrogen-bond acceptors (Lipinski definition) is 2. The summed E-state index contributed by atoms with van der Waals surface area (Å²) in [5.41, 5.74) is 0. The van der Waals surface area contributed by atoms with Crippen LogP contribution in [0.1, 0.15) is 188 Å². The summed E-state index contributed by atoms with van der Waals surface area (Å²) in [6.45, 7) is 9.26. The first-order valence-electron chi connectivity index (χ1n) is 17.1. The van der Waals surface area contributed by atoms with E-state index in [-0.39, 0.29) is 12.5 Å². The van der Waals surface area contributed by atoms with Crippen LogP contribution in [0.2, 0.25) is 0 Å². The van der Waals surface area contributed by atoms with E-state index in [1.807, 2.05) is 6.92 Å². The van der Waals surface area contributed by atoms with Gasteiger partial charge in [-0.1, -0.05) is 168 Å². The highest BCUT2D eigenvalue weighted by molar-refractivity contribution is 5.77. The van der Waals surface area contributed by atoms with Crippen molar-refractivity contribution in [3.05, 3.63) is 0 Å². The van der Waals surface area contributed by atoms with E-state index >= 15 is 0 Å². The maximum Gasteiger partial charge on any atom is 0.248 e. The maximum absolute atomic E-state index is 12.6. The zero-order valence-corrected chi connectivity index (χ0v) is 26.0. The molecule has 0 saturated heterocycles. The van der Waals surface area contributed by atoms with Crippen LogP contribution in [0.5, 0.6) is 0 Å². The van der Waals surface area contributed by atoms with Crippen LogP contribution in [0.4, 0.5) is 0 Å². The maximum atomic E-state index is 12.6. The number of nitrogens with zero attached hydrogens (tertiary/aromatic N) is 1. The molecular weight excluding hydrogens is 454 g/mol. The van der Waals surface area contributed by atoms with E-state index in [0.29, 0.717) is 6.61 Å². The minimum absolute atomic E-state index is 0.194. The molecule has 3 heteroatoms. The van der Waals surface area contributed by atoms with Crippen LogP contribution >= 0.6 is 0 Å². The van der Waals surface area contributed by atoms with Gasteiger partial charge in [-0.15, -0.1) is 0 Å². The molecule has 0 saturated carbocycles. The highest BCUT2D eigenvalue weighted by Gasteiger charge is 2.12. The third kappa shape index (κ3) is 28.3. The predicted octanol–water partition coefficient (Wildman–Crippen LogP) is 11.0. The van der Waals surface area contributed by atoms with Crippen LogP contribution in [0.15, 0.2) is 0 Å². The second kappa shape index (κ2) is 31.6. The van der Waals surface area contributed by atoms with Gasteiger partial charge in [0.2, 0.25) is 5.91 Å². The molecule has 0 aromatic carbocycles. The SMILES string of the molecule is CCCCCCCCCCCCCCCN(CCCCCCCCCCCCCCC)C(=O)COCC. The Hall–Kier alpha value is -0.570. The van der Waals surface area contributed by atoms with Crippen molar-refractivity contribution in [3.63, 3.8) is 0 Å². The van der Waals surface area contributed by atoms with Crippen LogP contribution in [0.25, 0.3) is 0 Å². The Labute approximate surface area is 234 Å². The Morgan fingerprint density at radius 1 is 0.432 bits per heavy atom. The van der Waals surface area contributed by atoms with Crippen molar-refractivity contribution in [1.29, 1.82) is 0 Å². The highest BCUT2D eigenvalue weighted by atomic mass is 16.5. The van der Waals surface area contributed by atoms with Gasteiger partial charge in [-0.2, -0.15) is 0 Å². The van der Waals surface area contributed by atoms with Gasteiger partial charge in [0.1, 0.15) is 6.61 Å². The number of carbonyl (C=O) groups excluding carboxylic acids is 1. The van der Waals surface area contributed by atoms with Gasteiger partial charge in [0, 0.05) is 19.7 Å². The zero-order valence-electron chi connectivity index (χ0n) is 26.0. The van der Waals surface area contributed by atoms with E-state index < -0.39 is 0 Å². The molecule has 0 atom stereocenters. The standard InChI is InChI=1S/C34H69NO2/c1-4-7-9-11-13-15-17-19-21-23-25-27-29-31-35(34(36)33-37-6-3)32-30-28-26-24-22-20-18-16-14-12-10-8-5-2/h4-33H2,1-3H3. The molecule has 222 valence electrons. The fourth-order valence-electron chi connectivity index (χ4n) is 5.28. The first kappa shape index (κ1) is 36.4. The van der Waals surface area contributed by atoms with E-state index in [1.165, 1.54) is 154 Å². The highest BCUT2D eigenvalue weighted by Crippen LogP contribution is 2.14. The summed E-state index contributed by atoms with van der Waals surface area (Å²) in [5.74, 6) is 0.194. The Morgan fingerprint density at radius 2 is 0.703 bits per heavy atom. The fourth-order valence-corrected chi connectivity index (χ4v) is 5.28. The number of amides is 1. The summed E-state index contributed by atoms with van der Waals surface area (Å²) >= 11 is 0. The van der Waals surface area contributed by atoms with Crippen LogP contribution in [-0.2, 0) is 9.53 Å². The third-order valence-corrected chi connectivity index (χ3v) is 7.85. The Kier molecular flexibility index (Phi) is 31.2. The molecule has 0 radical (unpaired) electrons. The molecule has 0 aliphatic carbocycles. The molecule has 0 spiro atoms. The molecule has 37 heavy (non-hydrogen) atoms. The average molecular weight is 524 g/mol. The lowest BCUT2D eigenvalue weighted by Crippen LogP contribution is -2.35. The summed E-state index contributed by atoms with van der Waals surface area (Å²) in [6.07, 6.45) is 35.6. The average Bonchev–Trinajstić information content (AvgIpc) is 2.91. The van der Waals surface area contributed by atoms with E-state index in [9.17, 15) is 4.79 Å². The lowest BCUT2D eigenvalue weighted by molar-refractivity contribution is -0.136. The van der Waals surface area contributed by atoms with Crippen LogP contribution < -0.4 is 0 Å². The van der Waals surface area contributed by atoms with E-state index in [4.69, 9.17) is 4.74 Å². The first-order chi connectivity index (χ1) is 18.3. The van der Waals surface area contributed by atoms with Crippen LogP contribution in [0.3, 0.4) is 0 Å². The number of hydrogen-bond donors (Lipinski definition) is 0. The quantitative estimate of drug-likeness (QED) is 0.0845. The van der Waals surface area contributed by atoms with E-state index in [2.05, 4.69) is 18.7 Å². The molecule has 1 amide bonds. The van der Waals surface area contributed by atoms with Gasteiger partial charge in [0.05, 0.1) is 0 Å². The summed E-state index contributed by atoms with van der Waals surface area (Å²) in [4.78, 5) is 14.7. The summed E-state index contributed by atoms with van der Waals surface area (Å²) < 4.78 is 5.42. The molecule has 0 aromatic rings. The zero-order chi connectivity index (χ0) is 27.1. The molecule has 0 N–H and O–H groups in total. The number of rotatable bonds is 31. The van der Waals surface area contributed by atoms with Crippen molar-refractivity contribution in [1.82, 2.24) is 4.90 Å². The smallest absolute Gasteiger partial charge is 0.248 e. The van der Waals surface area contributed by atoms with Crippen molar-refractivity contribution in [2.24, 2.45) is 0 Å². The minimum Gasteiger partial charge on any atom is -0.372 e.